The van der Waals surface area contributed by atoms with Gasteiger partial charge in [-0.05, 0) is 12.1 Å². The van der Waals surface area contributed by atoms with Crippen LogP contribution >= 0.6 is 0 Å². The van der Waals surface area contributed by atoms with Crippen LogP contribution in [0.1, 0.15) is 34.6 Å². The van der Waals surface area contributed by atoms with Crippen LogP contribution in [-0.4, -0.2) is 35.8 Å². The first kappa shape index (κ1) is 11.8. The standard InChI is InChI=1S/C13H16N2O2/c1-9(2)14-7-8-15-12(16)10-5-3-4-6-11(10)13(15)17/h3-6,9,14H,7-8H2,1-2H3. The minimum absolute atomic E-state index is 0.184. The summed E-state index contributed by atoms with van der Waals surface area (Å²) in [7, 11) is 0. The summed E-state index contributed by atoms with van der Waals surface area (Å²) in [5.41, 5.74) is 1.03. The van der Waals surface area contributed by atoms with Crippen LogP contribution in [0.2, 0.25) is 0 Å². The molecule has 0 unspecified atom stereocenters. The molecule has 2 amide bonds. The molecule has 1 aromatic rings. The Hall–Kier alpha value is -1.68. The molecule has 17 heavy (non-hydrogen) atoms. The number of hydrogen-bond acceptors (Lipinski definition) is 3. The predicted octanol–water partition coefficient (Wildman–Crippen LogP) is 1.28. The molecule has 4 heteroatoms. The van der Waals surface area contributed by atoms with Crippen LogP contribution in [-0.2, 0) is 0 Å². The third kappa shape index (κ3) is 2.22. The average molecular weight is 232 g/mol. The molecule has 0 aliphatic carbocycles. The van der Waals surface area contributed by atoms with Crippen molar-refractivity contribution in [1.29, 1.82) is 0 Å². The van der Waals surface area contributed by atoms with Gasteiger partial charge in [0.25, 0.3) is 11.8 Å². The molecule has 1 aliphatic rings. The van der Waals surface area contributed by atoms with Gasteiger partial charge < -0.3 is 5.32 Å². The molecule has 0 fully saturated rings. The molecule has 1 N–H and O–H groups in total. The molecule has 0 aromatic heterocycles. The van der Waals surface area contributed by atoms with Gasteiger partial charge in [0.15, 0.2) is 0 Å². The Bertz CT molecular complexity index is 419. The van der Waals surface area contributed by atoms with Gasteiger partial charge in [-0.3, -0.25) is 14.5 Å². The fourth-order valence-corrected chi connectivity index (χ4v) is 1.91. The average Bonchev–Trinajstić information content (AvgIpc) is 2.54. The Kier molecular flexibility index (Phi) is 3.24. The van der Waals surface area contributed by atoms with Crippen LogP contribution < -0.4 is 5.32 Å². The van der Waals surface area contributed by atoms with E-state index in [2.05, 4.69) is 5.32 Å². The molecular weight excluding hydrogens is 216 g/mol. The van der Waals surface area contributed by atoms with E-state index < -0.39 is 0 Å². The first-order valence-corrected chi connectivity index (χ1v) is 5.80. The molecule has 0 radical (unpaired) electrons. The largest absolute Gasteiger partial charge is 0.313 e. The second-order valence-corrected chi connectivity index (χ2v) is 4.42. The lowest BCUT2D eigenvalue weighted by atomic mass is 10.1. The summed E-state index contributed by atoms with van der Waals surface area (Å²) in [6.07, 6.45) is 0. The van der Waals surface area contributed by atoms with E-state index in [-0.39, 0.29) is 11.8 Å². The predicted molar refractivity (Wildman–Crippen MR) is 64.9 cm³/mol. The number of hydrogen-bond donors (Lipinski definition) is 1. The van der Waals surface area contributed by atoms with Gasteiger partial charge in [0, 0.05) is 19.1 Å². The van der Waals surface area contributed by atoms with Crippen molar-refractivity contribution in [2.45, 2.75) is 19.9 Å². The molecule has 1 heterocycles. The number of carbonyl (C=O) groups excluding carboxylic acids is 2. The lowest BCUT2D eigenvalue weighted by Gasteiger charge is -2.15. The number of nitrogens with zero attached hydrogens (tertiary/aromatic N) is 1. The molecular formula is C13H16N2O2. The van der Waals surface area contributed by atoms with E-state index in [9.17, 15) is 9.59 Å². The molecule has 0 saturated heterocycles. The van der Waals surface area contributed by atoms with Crippen LogP contribution in [0.3, 0.4) is 0 Å². The Morgan fingerprint density at radius 2 is 1.65 bits per heavy atom. The maximum absolute atomic E-state index is 12.0. The summed E-state index contributed by atoms with van der Waals surface area (Å²) in [5, 5.41) is 3.19. The first-order valence-electron chi connectivity index (χ1n) is 5.80. The van der Waals surface area contributed by atoms with Crippen LogP contribution in [0.4, 0.5) is 0 Å². The Morgan fingerprint density at radius 1 is 1.12 bits per heavy atom. The lowest BCUT2D eigenvalue weighted by molar-refractivity contribution is 0.0654. The minimum Gasteiger partial charge on any atom is -0.313 e. The fourth-order valence-electron chi connectivity index (χ4n) is 1.91. The van der Waals surface area contributed by atoms with E-state index in [1.54, 1.807) is 24.3 Å². The number of rotatable bonds is 4. The zero-order valence-electron chi connectivity index (χ0n) is 10.1. The quantitative estimate of drug-likeness (QED) is 0.796. The fraction of sp³-hybridized carbons (Fsp3) is 0.385. The van der Waals surface area contributed by atoms with E-state index >= 15 is 0 Å². The third-order valence-corrected chi connectivity index (χ3v) is 2.77. The lowest BCUT2D eigenvalue weighted by Crippen LogP contribution is -2.38. The number of benzene rings is 1. The van der Waals surface area contributed by atoms with E-state index in [0.717, 1.165) is 0 Å². The summed E-state index contributed by atoms with van der Waals surface area (Å²) < 4.78 is 0. The van der Waals surface area contributed by atoms with Crippen molar-refractivity contribution in [3.63, 3.8) is 0 Å². The van der Waals surface area contributed by atoms with Crippen molar-refractivity contribution < 1.29 is 9.59 Å². The van der Waals surface area contributed by atoms with Gasteiger partial charge in [-0.2, -0.15) is 0 Å². The number of nitrogens with one attached hydrogen (secondary N) is 1. The molecule has 90 valence electrons. The monoisotopic (exact) mass is 232 g/mol. The maximum Gasteiger partial charge on any atom is 0.261 e. The van der Waals surface area contributed by atoms with Gasteiger partial charge >= 0.3 is 0 Å². The van der Waals surface area contributed by atoms with Gasteiger partial charge in [-0.15, -0.1) is 0 Å². The van der Waals surface area contributed by atoms with Crippen LogP contribution in [0, 0.1) is 0 Å². The summed E-state index contributed by atoms with van der Waals surface area (Å²) in [5.74, 6) is -0.368. The summed E-state index contributed by atoms with van der Waals surface area (Å²) in [6, 6.07) is 7.31. The molecule has 0 saturated carbocycles. The van der Waals surface area contributed by atoms with Gasteiger partial charge in [-0.1, -0.05) is 26.0 Å². The van der Waals surface area contributed by atoms with Gasteiger partial charge in [0.05, 0.1) is 11.1 Å². The topological polar surface area (TPSA) is 49.4 Å². The van der Waals surface area contributed by atoms with Crippen LogP contribution in [0.15, 0.2) is 24.3 Å². The van der Waals surface area contributed by atoms with E-state index in [1.165, 1.54) is 4.90 Å². The van der Waals surface area contributed by atoms with Gasteiger partial charge in [0.1, 0.15) is 0 Å². The van der Waals surface area contributed by atoms with E-state index in [4.69, 9.17) is 0 Å². The molecule has 1 aliphatic heterocycles. The molecule has 1 aromatic carbocycles. The highest BCUT2D eigenvalue weighted by Gasteiger charge is 2.34. The SMILES string of the molecule is CC(C)NCCN1C(=O)c2ccccc2C1=O. The molecule has 2 rings (SSSR count). The molecule has 0 atom stereocenters. The van der Waals surface area contributed by atoms with Gasteiger partial charge in [0.2, 0.25) is 0 Å². The van der Waals surface area contributed by atoms with Crippen molar-refractivity contribution in [2.75, 3.05) is 13.1 Å². The molecule has 0 spiro atoms. The van der Waals surface area contributed by atoms with Crippen molar-refractivity contribution in [3.05, 3.63) is 35.4 Å². The van der Waals surface area contributed by atoms with Crippen LogP contribution in [0.25, 0.3) is 0 Å². The highest BCUT2D eigenvalue weighted by Crippen LogP contribution is 2.21. The van der Waals surface area contributed by atoms with Crippen molar-refractivity contribution >= 4 is 11.8 Å². The number of amides is 2. The second-order valence-electron chi connectivity index (χ2n) is 4.42. The summed E-state index contributed by atoms with van der Waals surface area (Å²) >= 11 is 0. The zero-order chi connectivity index (χ0) is 12.4. The number of imide groups is 1. The first-order chi connectivity index (χ1) is 8.11. The zero-order valence-corrected chi connectivity index (χ0v) is 10.1. The molecule has 4 nitrogen and oxygen atoms in total. The molecule has 0 bridgehead atoms. The highest BCUT2D eigenvalue weighted by molar-refractivity contribution is 6.21. The maximum atomic E-state index is 12.0. The Balaban J connectivity index is 2.08. The Labute approximate surface area is 101 Å². The Morgan fingerprint density at radius 3 is 2.12 bits per heavy atom. The second kappa shape index (κ2) is 4.67. The summed E-state index contributed by atoms with van der Waals surface area (Å²) in [6.45, 7) is 5.11. The smallest absolute Gasteiger partial charge is 0.261 e. The number of fused-ring (bicyclic) bond motifs is 1. The normalized spacial score (nSPS) is 14.6. The van der Waals surface area contributed by atoms with Crippen molar-refractivity contribution in [2.24, 2.45) is 0 Å². The van der Waals surface area contributed by atoms with Crippen LogP contribution in [0.5, 0.6) is 0 Å². The number of carbonyl (C=O) groups is 2. The third-order valence-electron chi connectivity index (χ3n) is 2.77. The highest BCUT2D eigenvalue weighted by atomic mass is 16.2. The van der Waals surface area contributed by atoms with Gasteiger partial charge in [-0.25, -0.2) is 0 Å². The van der Waals surface area contributed by atoms with E-state index in [1.807, 2.05) is 13.8 Å². The minimum atomic E-state index is -0.184. The summed E-state index contributed by atoms with van der Waals surface area (Å²) in [4.78, 5) is 25.2. The van der Waals surface area contributed by atoms with Crippen molar-refractivity contribution in [1.82, 2.24) is 10.2 Å². The van der Waals surface area contributed by atoms with E-state index in [0.29, 0.717) is 30.3 Å². The van der Waals surface area contributed by atoms with Crippen molar-refractivity contribution in [3.8, 4) is 0 Å².